The molecule has 0 saturated heterocycles. The molecule has 70 valence electrons. The highest BCUT2D eigenvalue weighted by Crippen LogP contribution is 2.32. The van der Waals surface area contributed by atoms with Crippen LogP contribution < -0.4 is 0 Å². The predicted molar refractivity (Wildman–Crippen MR) is 50.1 cm³/mol. The van der Waals surface area contributed by atoms with Gasteiger partial charge in [-0.3, -0.25) is 0 Å². The summed E-state index contributed by atoms with van der Waals surface area (Å²) >= 11 is 0. The lowest BCUT2D eigenvalue weighted by molar-refractivity contribution is 0.474. The highest BCUT2D eigenvalue weighted by molar-refractivity contribution is 5.40. The Hall–Kier alpha value is -1.12. The zero-order valence-electron chi connectivity index (χ0n) is 8.08. The molecule has 0 spiro atoms. The summed E-state index contributed by atoms with van der Waals surface area (Å²) in [5, 5.41) is 7.93. The van der Waals surface area contributed by atoms with Gasteiger partial charge in [-0.25, -0.2) is 0 Å². The minimum Gasteiger partial charge on any atom is -0.421 e. The van der Waals surface area contributed by atoms with Crippen molar-refractivity contribution in [2.45, 2.75) is 33.1 Å². The Labute approximate surface area is 77.9 Å². The lowest BCUT2D eigenvalue weighted by Crippen LogP contribution is -1.85. The van der Waals surface area contributed by atoms with Crippen LogP contribution in [-0.4, -0.2) is 10.2 Å². The van der Waals surface area contributed by atoms with Crippen LogP contribution >= 0.6 is 0 Å². The van der Waals surface area contributed by atoms with E-state index in [9.17, 15) is 0 Å². The minimum absolute atomic E-state index is 0.635. The van der Waals surface area contributed by atoms with Crippen LogP contribution in [0.5, 0.6) is 0 Å². The number of nitrogens with zero attached hydrogens (tertiary/aromatic N) is 2. The zero-order chi connectivity index (χ0) is 9.26. The van der Waals surface area contributed by atoms with Gasteiger partial charge in [-0.15, -0.1) is 10.2 Å². The second-order valence-corrected chi connectivity index (χ2v) is 3.90. The molecule has 3 nitrogen and oxygen atoms in total. The summed E-state index contributed by atoms with van der Waals surface area (Å²) in [7, 11) is 0. The van der Waals surface area contributed by atoms with Crippen molar-refractivity contribution in [1.82, 2.24) is 10.2 Å². The molecule has 0 unspecified atom stereocenters. The van der Waals surface area contributed by atoms with Gasteiger partial charge in [0.2, 0.25) is 11.8 Å². The van der Waals surface area contributed by atoms with E-state index in [0.29, 0.717) is 5.89 Å². The van der Waals surface area contributed by atoms with Crippen molar-refractivity contribution >= 4 is 6.08 Å². The largest absolute Gasteiger partial charge is 0.421 e. The second kappa shape index (κ2) is 3.32. The van der Waals surface area contributed by atoms with Gasteiger partial charge in [0, 0.05) is 12.5 Å². The topological polar surface area (TPSA) is 38.9 Å². The molecule has 0 N–H and O–H groups in total. The summed E-state index contributed by atoms with van der Waals surface area (Å²) in [6.45, 7) is 4.04. The van der Waals surface area contributed by atoms with Crippen molar-refractivity contribution in [3.8, 4) is 0 Å². The molecule has 0 aromatic carbocycles. The van der Waals surface area contributed by atoms with Gasteiger partial charge in [-0.2, -0.15) is 0 Å². The fourth-order valence-corrected chi connectivity index (χ4v) is 1.22. The highest BCUT2D eigenvalue weighted by atomic mass is 16.4. The van der Waals surface area contributed by atoms with E-state index < -0.39 is 0 Å². The van der Waals surface area contributed by atoms with Crippen LogP contribution in [0.3, 0.4) is 0 Å². The van der Waals surface area contributed by atoms with Gasteiger partial charge in [0.1, 0.15) is 0 Å². The fourth-order valence-electron chi connectivity index (χ4n) is 1.22. The van der Waals surface area contributed by atoms with Gasteiger partial charge >= 0.3 is 0 Å². The molecule has 1 aromatic heterocycles. The third-order valence-electron chi connectivity index (χ3n) is 2.05. The Morgan fingerprint density at radius 2 is 2.23 bits per heavy atom. The van der Waals surface area contributed by atoms with Gasteiger partial charge < -0.3 is 4.42 Å². The molecule has 2 rings (SSSR count). The smallest absolute Gasteiger partial charge is 0.240 e. The van der Waals surface area contributed by atoms with Crippen LogP contribution in [0.4, 0.5) is 0 Å². The summed E-state index contributed by atoms with van der Waals surface area (Å²) < 4.78 is 5.45. The van der Waals surface area contributed by atoms with Crippen molar-refractivity contribution in [3.63, 3.8) is 0 Å². The average molecular weight is 178 g/mol. The monoisotopic (exact) mass is 178 g/mol. The van der Waals surface area contributed by atoms with E-state index in [1.807, 2.05) is 19.9 Å². The third-order valence-corrected chi connectivity index (χ3v) is 2.05. The maximum atomic E-state index is 5.45. The van der Waals surface area contributed by atoms with E-state index >= 15 is 0 Å². The number of hydrogen-bond donors (Lipinski definition) is 0. The van der Waals surface area contributed by atoms with Crippen LogP contribution in [0.2, 0.25) is 0 Å². The molecule has 1 saturated carbocycles. The lowest BCUT2D eigenvalue weighted by Gasteiger charge is -1.87. The van der Waals surface area contributed by atoms with Crippen molar-refractivity contribution < 1.29 is 4.42 Å². The summed E-state index contributed by atoms with van der Waals surface area (Å²) in [5.74, 6) is 2.23. The van der Waals surface area contributed by atoms with Crippen LogP contribution in [0.1, 0.15) is 38.5 Å². The quantitative estimate of drug-likeness (QED) is 0.713. The molecule has 0 bridgehead atoms. The van der Waals surface area contributed by atoms with Crippen LogP contribution in [-0.2, 0) is 6.42 Å². The van der Waals surface area contributed by atoms with E-state index in [0.717, 1.165) is 18.2 Å². The van der Waals surface area contributed by atoms with Crippen molar-refractivity contribution in [1.29, 1.82) is 0 Å². The Kier molecular flexibility index (Phi) is 2.17. The summed E-state index contributed by atoms with van der Waals surface area (Å²) in [6, 6.07) is 0. The van der Waals surface area contributed by atoms with Gasteiger partial charge in [0.15, 0.2) is 0 Å². The van der Waals surface area contributed by atoms with Gasteiger partial charge in [0.05, 0.1) is 0 Å². The molecule has 0 atom stereocenters. The van der Waals surface area contributed by atoms with Crippen molar-refractivity contribution in [2.75, 3.05) is 0 Å². The first kappa shape index (κ1) is 8.48. The van der Waals surface area contributed by atoms with Crippen LogP contribution in [0, 0.1) is 5.92 Å². The third kappa shape index (κ3) is 2.41. The maximum Gasteiger partial charge on any atom is 0.240 e. The number of aromatic nitrogens is 2. The molecule has 1 aliphatic rings. The van der Waals surface area contributed by atoms with E-state index in [1.165, 1.54) is 18.4 Å². The molecule has 1 fully saturated rings. The van der Waals surface area contributed by atoms with Gasteiger partial charge in [0.25, 0.3) is 0 Å². The second-order valence-electron chi connectivity index (χ2n) is 3.90. The number of allylic oxidation sites excluding steroid dienone is 1. The SMILES string of the molecule is CC(C)=Cc1nnc(CC2CC2)o1. The predicted octanol–water partition coefficient (Wildman–Crippen LogP) is 2.45. The van der Waals surface area contributed by atoms with E-state index in [2.05, 4.69) is 10.2 Å². The van der Waals surface area contributed by atoms with Crippen LogP contribution in [0.25, 0.3) is 6.08 Å². The Morgan fingerprint density at radius 1 is 1.46 bits per heavy atom. The molecule has 1 aliphatic carbocycles. The van der Waals surface area contributed by atoms with Gasteiger partial charge in [-0.05, 0) is 32.6 Å². The first-order valence-corrected chi connectivity index (χ1v) is 4.71. The Morgan fingerprint density at radius 3 is 2.85 bits per heavy atom. The Balaban J connectivity index is 2.03. The van der Waals surface area contributed by atoms with Crippen LogP contribution in [0.15, 0.2) is 9.99 Å². The lowest BCUT2D eigenvalue weighted by atomic mass is 10.3. The standard InChI is InChI=1S/C10H14N2O/c1-7(2)5-9-11-12-10(13-9)6-8-3-4-8/h5,8H,3-4,6H2,1-2H3. The van der Waals surface area contributed by atoms with E-state index in [-0.39, 0.29) is 0 Å². The first-order chi connectivity index (χ1) is 6.24. The number of rotatable bonds is 3. The van der Waals surface area contributed by atoms with Gasteiger partial charge in [-0.1, -0.05) is 5.57 Å². The summed E-state index contributed by atoms with van der Waals surface area (Å²) in [5.41, 5.74) is 1.18. The molecule has 1 aromatic rings. The Bertz CT molecular complexity index is 319. The molecular weight excluding hydrogens is 164 g/mol. The highest BCUT2D eigenvalue weighted by Gasteiger charge is 2.24. The van der Waals surface area contributed by atoms with Crippen molar-refractivity contribution in [3.05, 3.63) is 17.4 Å². The summed E-state index contributed by atoms with van der Waals surface area (Å²) in [6.07, 6.45) is 5.51. The van der Waals surface area contributed by atoms with E-state index in [4.69, 9.17) is 4.42 Å². The molecule has 13 heavy (non-hydrogen) atoms. The maximum absolute atomic E-state index is 5.45. The normalized spacial score (nSPS) is 15.8. The molecule has 0 radical (unpaired) electrons. The molecule has 0 amide bonds. The fraction of sp³-hybridized carbons (Fsp3) is 0.600. The van der Waals surface area contributed by atoms with E-state index in [1.54, 1.807) is 0 Å². The molecule has 3 heteroatoms. The first-order valence-electron chi connectivity index (χ1n) is 4.71. The summed E-state index contributed by atoms with van der Waals surface area (Å²) in [4.78, 5) is 0. The zero-order valence-corrected chi connectivity index (χ0v) is 8.08. The molecule has 0 aliphatic heterocycles. The average Bonchev–Trinajstić information content (AvgIpc) is 2.73. The minimum atomic E-state index is 0.635. The number of hydrogen-bond acceptors (Lipinski definition) is 3. The van der Waals surface area contributed by atoms with Crippen molar-refractivity contribution in [2.24, 2.45) is 5.92 Å². The molecule has 1 heterocycles. The molecular formula is C10H14N2O.